The summed E-state index contributed by atoms with van der Waals surface area (Å²) in [6.07, 6.45) is 0.928. The number of nitrogens with one attached hydrogen (secondary N) is 1. The van der Waals surface area contributed by atoms with Gasteiger partial charge in [0.25, 0.3) is 0 Å². The van der Waals surface area contributed by atoms with Crippen LogP contribution in [0.5, 0.6) is 0 Å². The predicted octanol–water partition coefficient (Wildman–Crippen LogP) is 2.82. The van der Waals surface area contributed by atoms with E-state index in [-0.39, 0.29) is 18.0 Å². The Balaban J connectivity index is 2.31. The van der Waals surface area contributed by atoms with Gasteiger partial charge in [-0.15, -0.1) is 0 Å². The highest BCUT2D eigenvalue weighted by molar-refractivity contribution is 5.86. The molecule has 2 atom stereocenters. The molecule has 0 saturated heterocycles. The van der Waals surface area contributed by atoms with Crippen molar-refractivity contribution in [3.8, 4) is 0 Å². The van der Waals surface area contributed by atoms with Crippen molar-refractivity contribution < 1.29 is 4.79 Å². The Bertz CT molecular complexity index is 588. The highest BCUT2D eigenvalue weighted by Gasteiger charge is 2.19. The molecular weight excluding hydrogens is 238 g/mol. The van der Waals surface area contributed by atoms with Gasteiger partial charge in [0.05, 0.1) is 11.2 Å². The molecule has 1 N–H and O–H groups in total. The lowest BCUT2D eigenvalue weighted by atomic mass is 10.2. The van der Waals surface area contributed by atoms with Gasteiger partial charge in [0.15, 0.2) is 0 Å². The third-order valence-electron chi connectivity index (χ3n) is 3.55. The van der Waals surface area contributed by atoms with Crippen LogP contribution in [0.4, 0.5) is 0 Å². The number of fused-ring (bicyclic) bond motifs is 1. The SMILES string of the molecule is CC[C@H](C)NC(=O)[C@@H](C)n1nc(C)c2ccccc21. The number of amides is 1. The maximum atomic E-state index is 12.2. The summed E-state index contributed by atoms with van der Waals surface area (Å²) >= 11 is 0. The van der Waals surface area contributed by atoms with Gasteiger partial charge in [-0.1, -0.05) is 25.1 Å². The summed E-state index contributed by atoms with van der Waals surface area (Å²) in [4.78, 5) is 12.2. The number of rotatable bonds is 4. The zero-order valence-corrected chi connectivity index (χ0v) is 12.0. The number of aryl methyl sites for hydroxylation is 1. The summed E-state index contributed by atoms with van der Waals surface area (Å²) in [6, 6.07) is 7.89. The van der Waals surface area contributed by atoms with Crippen LogP contribution in [-0.2, 0) is 4.79 Å². The number of hydrogen-bond acceptors (Lipinski definition) is 2. The molecule has 19 heavy (non-hydrogen) atoms. The van der Waals surface area contributed by atoms with Crippen LogP contribution in [0, 0.1) is 6.92 Å². The molecule has 0 fully saturated rings. The molecule has 1 heterocycles. The first-order valence-electron chi connectivity index (χ1n) is 6.78. The molecule has 0 aliphatic rings. The minimum atomic E-state index is -0.299. The number of aromatic nitrogens is 2. The van der Waals surface area contributed by atoms with Crippen LogP contribution in [0.3, 0.4) is 0 Å². The van der Waals surface area contributed by atoms with Gasteiger partial charge in [-0.05, 0) is 33.3 Å². The molecule has 0 aliphatic heterocycles. The summed E-state index contributed by atoms with van der Waals surface area (Å²) in [5.41, 5.74) is 1.96. The monoisotopic (exact) mass is 259 g/mol. The van der Waals surface area contributed by atoms with Crippen molar-refractivity contribution in [3.05, 3.63) is 30.0 Å². The van der Waals surface area contributed by atoms with Crippen LogP contribution in [0.15, 0.2) is 24.3 Å². The van der Waals surface area contributed by atoms with Crippen LogP contribution in [0.1, 0.15) is 38.9 Å². The van der Waals surface area contributed by atoms with Crippen molar-refractivity contribution in [3.63, 3.8) is 0 Å². The number of carbonyl (C=O) groups excluding carboxylic acids is 1. The maximum Gasteiger partial charge on any atom is 0.244 e. The molecule has 0 aliphatic carbocycles. The van der Waals surface area contributed by atoms with Crippen molar-refractivity contribution in [1.82, 2.24) is 15.1 Å². The highest BCUT2D eigenvalue weighted by atomic mass is 16.2. The molecule has 102 valence electrons. The maximum absolute atomic E-state index is 12.2. The standard InChI is InChI=1S/C15H21N3O/c1-5-10(2)16-15(19)12(4)18-14-9-7-6-8-13(14)11(3)17-18/h6-10,12H,5H2,1-4H3,(H,16,19)/t10-,12+/m0/s1. The molecule has 0 unspecified atom stereocenters. The third kappa shape index (κ3) is 2.62. The van der Waals surface area contributed by atoms with E-state index >= 15 is 0 Å². The van der Waals surface area contributed by atoms with Crippen LogP contribution in [-0.4, -0.2) is 21.7 Å². The van der Waals surface area contributed by atoms with Crippen molar-refractivity contribution in [2.75, 3.05) is 0 Å². The summed E-state index contributed by atoms with van der Waals surface area (Å²) in [6.45, 7) is 7.93. The van der Waals surface area contributed by atoms with Gasteiger partial charge in [0, 0.05) is 11.4 Å². The number of para-hydroxylation sites is 1. The van der Waals surface area contributed by atoms with Gasteiger partial charge in [-0.25, -0.2) is 0 Å². The molecule has 0 radical (unpaired) electrons. The Morgan fingerprint density at radius 2 is 2.05 bits per heavy atom. The number of carbonyl (C=O) groups is 1. The van der Waals surface area contributed by atoms with Crippen LogP contribution >= 0.6 is 0 Å². The van der Waals surface area contributed by atoms with E-state index in [4.69, 9.17) is 0 Å². The first kappa shape index (κ1) is 13.6. The van der Waals surface area contributed by atoms with Gasteiger partial charge >= 0.3 is 0 Å². The molecule has 2 aromatic rings. The van der Waals surface area contributed by atoms with Crippen LogP contribution < -0.4 is 5.32 Å². The molecule has 0 saturated carbocycles. The van der Waals surface area contributed by atoms with E-state index in [1.165, 1.54) is 0 Å². The second-order valence-electron chi connectivity index (χ2n) is 5.04. The molecule has 1 aromatic heterocycles. The van der Waals surface area contributed by atoms with Crippen molar-refractivity contribution in [2.24, 2.45) is 0 Å². The summed E-state index contributed by atoms with van der Waals surface area (Å²) in [7, 11) is 0. The Kier molecular flexibility index (Phi) is 3.88. The van der Waals surface area contributed by atoms with E-state index in [0.717, 1.165) is 23.0 Å². The molecule has 1 amide bonds. The second-order valence-corrected chi connectivity index (χ2v) is 5.04. The lowest BCUT2D eigenvalue weighted by molar-refractivity contribution is -0.124. The molecule has 1 aromatic carbocycles. The van der Waals surface area contributed by atoms with Gasteiger partial charge in [-0.2, -0.15) is 5.10 Å². The lowest BCUT2D eigenvalue weighted by Crippen LogP contribution is -2.37. The largest absolute Gasteiger partial charge is 0.352 e. The fourth-order valence-electron chi connectivity index (χ4n) is 2.12. The number of benzene rings is 1. The first-order chi connectivity index (χ1) is 9.04. The quantitative estimate of drug-likeness (QED) is 0.917. The average molecular weight is 259 g/mol. The smallest absolute Gasteiger partial charge is 0.244 e. The minimum absolute atomic E-state index is 0.0163. The molecule has 0 spiro atoms. The van der Waals surface area contributed by atoms with Gasteiger partial charge in [0.2, 0.25) is 5.91 Å². The average Bonchev–Trinajstić information content (AvgIpc) is 2.75. The normalized spacial score (nSPS) is 14.3. The van der Waals surface area contributed by atoms with E-state index < -0.39 is 0 Å². The van der Waals surface area contributed by atoms with E-state index in [9.17, 15) is 4.79 Å². The van der Waals surface area contributed by atoms with Crippen molar-refractivity contribution in [1.29, 1.82) is 0 Å². The highest BCUT2D eigenvalue weighted by Crippen LogP contribution is 2.21. The predicted molar refractivity (Wildman–Crippen MR) is 77.1 cm³/mol. The zero-order valence-electron chi connectivity index (χ0n) is 12.0. The fraction of sp³-hybridized carbons (Fsp3) is 0.467. The van der Waals surface area contributed by atoms with E-state index in [0.29, 0.717) is 0 Å². The molecule has 0 bridgehead atoms. The Hall–Kier alpha value is -1.84. The van der Waals surface area contributed by atoms with E-state index in [2.05, 4.69) is 17.3 Å². The fourth-order valence-corrected chi connectivity index (χ4v) is 2.12. The Morgan fingerprint density at radius 3 is 2.74 bits per heavy atom. The summed E-state index contributed by atoms with van der Waals surface area (Å²) in [5.74, 6) is 0.0163. The lowest BCUT2D eigenvalue weighted by Gasteiger charge is -2.17. The molecule has 4 nitrogen and oxygen atoms in total. The van der Waals surface area contributed by atoms with Crippen molar-refractivity contribution in [2.45, 2.75) is 46.2 Å². The first-order valence-corrected chi connectivity index (χ1v) is 6.78. The Labute approximate surface area is 113 Å². The molecular formula is C15H21N3O. The minimum Gasteiger partial charge on any atom is -0.352 e. The topological polar surface area (TPSA) is 46.9 Å². The molecule has 4 heteroatoms. The van der Waals surface area contributed by atoms with Gasteiger partial charge in [0.1, 0.15) is 6.04 Å². The second kappa shape index (κ2) is 5.43. The van der Waals surface area contributed by atoms with E-state index in [1.807, 2.05) is 49.7 Å². The third-order valence-corrected chi connectivity index (χ3v) is 3.55. The summed E-state index contributed by atoms with van der Waals surface area (Å²) in [5, 5.41) is 8.60. The van der Waals surface area contributed by atoms with Gasteiger partial charge < -0.3 is 5.32 Å². The van der Waals surface area contributed by atoms with Crippen molar-refractivity contribution >= 4 is 16.8 Å². The van der Waals surface area contributed by atoms with Crippen LogP contribution in [0.2, 0.25) is 0 Å². The summed E-state index contributed by atoms with van der Waals surface area (Å²) < 4.78 is 1.81. The van der Waals surface area contributed by atoms with Crippen LogP contribution in [0.25, 0.3) is 10.9 Å². The van der Waals surface area contributed by atoms with E-state index in [1.54, 1.807) is 0 Å². The molecule has 2 rings (SSSR count). The zero-order chi connectivity index (χ0) is 14.0. The number of nitrogens with zero attached hydrogens (tertiary/aromatic N) is 2. The number of hydrogen-bond donors (Lipinski definition) is 1. The van der Waals surface area contributed by atoms with Gasteiger partial charge in [-0.3, -0.25) is 9.48 Å². The Morgan fingerprint density at radius 1 is 1.37 bits per heavy atom.